The first-order valence-electron chi connectivity index (χ1n) is 7.24. The maximum Gasteiger partial charge on any atom is 0.128 e. The number of halogens is 1. The molecule has 1 aliphatic rings. The molecule has 0 aliphatic carbocycles. The summed E-state index contributed by atoms with van der Waals surface area (Å²) in [6, 6.07) is 10.1. The van der Waals surface area contributed by atoms with Crippen LogP contribution < -0.4 is 4.74 Å². The number of aliphatic hydroxyl groups is 1. The number of benzene rings is 2. The predicted octanol–water partition coefficient (Wildman–Crippen LogP) is 4.17. The second kappa shape index (κ2) is 5.70. The molecular formula is C18H19ClO2. The minimum absolute atomic E-state index is 0.573. The number of hydrogen-bond donors (Lipinski definition) is 1. The van der Waals surface area contributed by atoms with E-state index in [-0.39, 0.29) is 0 Å². The first kappa shape index (κ1) is 14.4. The normalized spacial score (nSPS) is 14.7. The lowest BCUT2D eigenvalue weighted by molar-refractivity contribution is 0.173. The summed E-state index contributed by atoms with van der Waals surface area (Å²) >= 11 is 6.17. The minimum atomic E-state index is -0.601. The van der Waals surface area contributed by atoms with Crippen molar-refractivity contribution in [3.05, 3.63) is 63.2 Å². The smallest absolute Gasteiger partial charge is 0.128 e. The summed E-state index contributed by atoms with van der Waals surface area (Å²) in [7, 11) is 0. The number of ether oxygens (including phenoxy) is 1. The zero-order valence-corrected chi connectivity index (χ0v) is 13.1. The van der Waals surface area contributed by atoms with Gasteiger partial charge in [-0.25, -0.2) is 0 Å². The highest BCUT2D eigenvalue weighted by atomic mass is 35.5. The molecule has 0 aromatic heterocycles. The van der Waals surface area contributed by atoms with Gasteiger partial charge in [0.05, 0.1) is 12.7 Å². The Labute approximate surface area is 130 Å². The Balaban J connectivity index is 1.92. The van der Waals surface area contributed by atoms with Crippen LogP contribution in [-0.4, -0.2) is 11.7 Å². The fraction of sp³-hybridized carbons (Fsp3) is 0.333. The maximum atomic E-state index is 10.6. The highest BCUT2D eigenvalue weighted by Crippen LogP contribution is 2.37. The first-order chi connectivity index (χ1) is 10.0. The van der Waals surface area contributed by atoms with E-state index in [1.807, 2.05) is 12.1 Å². The van der Waals surface area contributed by atoms with Crippen LogP contribution in [0, 0.1) is 13.8 Å². The Morgan fingerprint density at radius 3 is 2.86 bits per heavy atom. The van der Waals surface area contributed by atoms with Crippen molar-refractivity contribution in [3.8, 4) is 5.75 Å². The highest BCUT2D eigenvalue weighted by Gasteiger charge is 2.22. The van der Waals surface area contributed by atoms with E-state index in [4.69, 9.17) is 16.3 Å². The second-order valence-electron chi connectivity index (χ2n) is 5.73. The predicted molar refractivity (Wildman–Crippen MR) is 85.2 cm³/mol. The Morgan fingerprint density at radius 2 is 2.05 bits per heavy atom. The van der Waals surface area contributed by atoms with Crippen LogP contribution in [0.5, 0.6) is 5.75 Å². The van der Waals surface area contributed by atoms with Gasteiger partial charge in [-0.3, -0.25) is 0 Å². The fourth-order valence-electron chi connectivity index (χ4n) is 2.88. The van der Waals surface area contributed by atoms with Crippen LogP contribution in [0.3, 0.4) is 0 Å². The lowest BCUT2D eigenvalue weighted by Gasteiger charge is -2.17. The van der Waals surface area contributed by atoms with Crippen molar-refractivity contribution in [3.63, 3.8) is 0 Å². The van der Waals surface area contributed by atoms with Crippen LogP contribution in [0.1, 0.15) is 33.9 Å². The summed E-state index contributed by atoms with van der Waals surface area (Å²) in [6.45, 7) is 4.80. The Morgan fingerprint density at radius 1 is 1.24 bits per heavy atom. The van der Waals surface area contributed by atoms with E-state index < -0.39 is 6.10 Å². The molecule has 0 fully saturated rings. The Kier molecular flexibility index (Phi) is 3.92. The van der Waals surface area contributed by atoms with Crippen LogP contribution in [0.2, 0.25) is 5.02 Å². The SMILES string of the molecule is Cc1ccc(C)c(CC(O)c2cc(Cl)cc3c2OCC3)c1. The molecule has 0 spiro atoms. The average Bonchev–Trinajstić information content (AvgIpc) is 2.89. The molecule has 0 saturated heterocycles. The quantitative estimate of drug-likeness (QED) is 0.922. The van der Waals surface area contributed by atoms with Crippen LogP contribution in [-0.2, 0) is 12.8 Å². The average molecular weight is 303 g/mol. The second-order valence-corrected chi connectivity index (χ2v) is 6.17. The van der Waals surface area contributed by atoms with Crippen molar-refractivity contribution in [1.82, 2.24) is 0 Å². The van der Waals surface area contributed by atoms with Crippen molar-refractivity contribution in [2.75, 3.05) is 6.61 Å². The van der Waals surface area contributed by atoms with Gasteiger partial charge in [0.2, 0.25) is 0 Å². The molecule has 1 unspecified atom stereocenters. The van der Waals surface area contributed by atoms with Crippen molar-refractivity contribution in [2.45, 2.75) is 32.8 Å². The molecule has 2 aromatic rings. The van der Waals surface area contributed by atoms with E-state index in [2.05, 4.69) is 32.0 Å². The van der Waals surface area contributed by atoms with Gasteiger partial charge in [0.25, 0.3) is 0 Å². The van der Waals surface area contributed by atoms with E-state index >= 15 is 0 Å². The zero-order valence-electron chi connectivity index (χ0n) is 12.3. The largest absolute Gasteiger partial charge is 0.493 e. The number of hydrogen-bond acceptors (Lipinski definition) is 2. The molecular weight excluding hydrogens is 284 g/mol. The summed E-state index contributed by atoms with van der Waals surface area (Å²) in [4.78, 5) is 0. The third kappa shape index (κ3) is 2.92. The molecule has 1 N–H and O–H groups in total. The Hall–Kier alpha value is -1.51. The van der Waals surface area contributed by atoms with Gasteiger partial charge in [-0.15, -0.1) is 0 Å². The van der Waals surface area contributed by atoms with E-state index in [1.54, 1.807) is 0 Å². The molecule has 2 nitrogen and oxygen atoms in total. The molecule has 21 heavy (non-hydrogen) atoms. The summed E-state index contributed by atoms with van der Waals surface area (Å²) in [5.41, 5.74) is 5.46. The van der Waals surface area contributed by atoms with E-state index in [1.165, 1.54) is 11.1 Å². The lowest BCUT2D eigenvalue weighted by atomic mass is 9.95. The number of fused-ring (bicyclic) bond motifs is 1. The van der Waals surface area contributed by atoms with Gasteiger partial charge < -0.3 is 9.84 Å². The molecule has 1 atom stereocenters. The molecule has 110 valence electrons. The third-order valence-corrected chi connectivity index (χ3v) is 4.27. The monoisotopic (exact) mass is 302 g/mol. The molecule has 1 heterocycles. The lowest BCUT2D eigenvalue weighted by Crippen LogP contribution is -2.05. The van der Waals surface area contributed by atoms with Gasteiger partial charge in [0.1, 0.15) is 5.75 Å². The van der Waals surface area contributed by atoms with Crippen molar-refractivity contribution in [2.24, 2.45) is 0 Å². The van der Waals surface area contributed by atoms with Gasteiger partial charge in [-0.1, -0.05) is 35.4 Å². The van der Waals surface area contributed by atoms with Crippen molar-refractivity contribution < 1.29 is 9.84 Å². The van der Waals surface area contributed by atoms with Crippen LogP contribution in [0.25, 0.3) is 0 Å². The van der Waals surface area contributed by atoms with Gasteiger partial charge in [-0.2, -0.15) is 0 Å². The molecule has 2 aromatic carbocycles. The first-order valence-corrected chi connectivity index (χ1v) is 7.61. The maximum absolute atomic E-state index is 10.6. The number of rotatable bonds is 3. The van der Waals surface area contributed by atoms with Crippen LogP contribution in [0.15, 0.2) is 30.3 Å². The molecule has 0 saturated carbocycles. The minimum Gasteiger partial charge on any atom is -0.493 e. The van der Waals surface area contributed by atoms with Crippen LogP contribution in [0.4, 0.5) is 0 Å². The van der Waals surface area contributed by atoms with Gasteiger partial charge >= 0.3 is 0 Å². The molecule has 0 bridgehead atoms. The fourth-order valence-corrected chi connectivity index (χ4v) is 3.13. The molecule has 0 radical (unpaired) electrons. The van der Waals surface area contributed by atoms with Gasteiger partial charge in [0, 0.05) is 23.4 Å². The number of aliphatic hydroxyl groups excluding tert-OH is 1. The van der Waals surface area contributed by atoms with E-state index in [0.29, 0.717) is 18.1 Å². The summed E-state index contributed by atoms with van der Waals surface area (Å²) in [6.07, 6.45) is 0.832. The van der Waals surface area contributed by atoms with Gasteiger partial charge in [-0.05, 0) is 42.7 Å². The zero-order chi connectivity index (χ0) is 15.0. The standard InChI is InChI=1S/C18H19ClO2/c1-11-3-4-12(2)14(7-11)9-17(20)16-10-15(19)8-13-5-6-21-18(13)16/h3-4,7-8,10,17,20H,5-6,9H2,1-2H3. The van der Waals surface area contributed by atoms with Crippen LogP contribution >= 0.6 is 11.6 Å². The van der Waals surface area contributed by atoms with E-state index in [9.17, 15) is 5.11 Å². The third-order valence-electron chi connectivity index (χ3n) is 4.05. The summed E-state index contributed by atoms with van der Waals surface area (Å²) in [5.74, 6) is 0.817. The van der Waals surface area contributed by atoms with Crippen molar-refractivity contribution >= 4 is 11.6 Å². The highest BCUT2D eigenvalue weighted by molar-refractivity contribution is 6.30. The summed E-state index contributed by atoms with van der Waals surface area (Å²) < 4.78 is 5.68. The Bertz CT molecular complexity index is 679. The molecule has 3 rings (SSSR count). The molecule has 1 aliphatic heterocycles. The summed E-state index contributed by atoms with van der Waals surface area (Å²) in [5, 5.41) is 11.3. The molecule has 3 heteroatoms. The molecule has 0 amide bonds. The van der Waals surface area contributed by atoms with E-state index in [0.717, 1.165) is 28.9 Å². The topological polar surface area (TPSA) is 29.5 Å². The number of aryl methyl sites for hydroxylation is 2. The van der Waals surface area contributed by atoms with Gasteiger partial charge in [0.15, 0.2) is 0 Å². The van der Waals surface area contributed by atoms with Crippen molar-refractivity contribution in [1.29, 1.82) is 0 Å².